The van der Waals surface area contributed by atoms with Crippen LogP contribution < -0.4 is 0 Å². The highest BCUT2D eigenvalue weighted by Gasteiger charge is 2.31. The van der Waals surface area contributed by atoms with Crippen molar-refractivity contribution < 1.29 is 38.2 Å². The van der Waals surface area contributed by atoms with Gasteiger partial charge in [0.2, 0.25) is 0 Å². The van der Waals surface area contributed by atoms with Gasteiger partial charge in [0.25, 0.3) is 0 Å². The number of allylic oxidation sites excluding steroid dienone is 6. The lowest BCUT2D eigenvalue weighted by molar-refractivity contribution is -0.145. The van der Waals surface area contributed by atoms with Crippen LogP contribution in [-0.4, -0.2) is 97.7 Å². The van der Waals surface area contributed by atoms with Crippen LogP contribution in [0.15, 0.2) is 80.3 Å². The minimum absolute atomic E-state index is 0. The molecule has 5 atom stereocenters. The molecule has 0 bridgehead atoms. The fourth-order valence-electron chi connectivity index (χ4n) is 10.6. The summed E-state index contributed by atoms with van der Waals surface area (Å²) in [6.45, 7) is 37.6. The van der Waals surface area contributed by atoms with Gasteiger partial charge >= 0.3 is 5.97 Å². The fourth-order valence-corrected chi connectivity index (χ4v) is 10.6. The molecule has 3 unspecified atom stereocenters. The van der Waals surface area contributed by atoms with Crippen molar-refractivity contribution >= 4 is 34.9 Å². The Morgan fingerprint density at radius 3 is 1.57 bits per heavy atom. The molecule has 1 heterocycles. The van der Waals surface area contributed by atoms with Gasteiger partial charge in [0.1, 0.15) is 5.78 Å². The van der Waals surface area contributed by atoms with Gasteiger partial charge in [-0.15, -0.1) is 6.58 Å². The van der Waals surface area contributed by atoms with Crippen LogP contribution in [0.5, 0.6) is 0 Å². The number of hydrogen-bond acceptors (Lipinski definition) is 10. The summed E-state index contributed by atoms with van der Waals surface area (Å²) in [5.41, 5.74) is 2.85. The van der Waals surface area contributed by atoms with E-state index in [0.29, 0.717) is 24.9 Å². The number of carbonyl (C=O) groups excluding carboxylic acids is 6. The first-order valence-electron chi connectivity index (χ1n) is 35.0. The molecule has 10 heteroatoms. The standard InChI is InChI=1S/C37H59NO5.C20H32O3.C9H20.C8H17N.C2H6.2CH4/c1-6-11-13-15-17-19-25-42-34(9-4)29-38(30-37(41)43-26-20-18-16-14-12-7-2)28-33(39)23-22-32-27-31(8-3)21-24-35(32)36(40)10-5;1-4-6-7-8-9-10-11-12-13-20(23)16-18(14-17(3)21)15-19(22)5-2;1-3-5-7-9-8-6-4-2;1-8-4-3-6-9(2)7-5-8;1-2;;/h8,10,22-23,31-32,35H,3-7,11-21,24-30H2,1-2H3;5,12-13,18H,2,4,6-11,14-16H2,1,3H3;3-9H2,1-2H3;8H,3-7H2,1-2H3;1-2H3;2*1H4/b;13-12-;;;;;/t31-,32+,35?;;;;;;/m1....../s1. The highest BCUT2D eigenvalue weighted by Crippen LogP contribution is 2.36. The van der Waals surface area contributed by atoms with Gasteiger partial charge in [-0.1, -0.05) is 255 Å². The van der Waals surface area contributed by atoms with E-state index in [-0.39, 0.29) is 106 Å². The van der Waals surface area contributed by atoms with Gasteiger partial charge in [-0.2, -0.15) is 0 Å². The third-order valence-corrected chi connectivity index (χ3v) is 16.0. The number of carbonyl (C=O) groups is 6. The molecule has 0 aromatic heterocycles. The van der Waals surface area contributed by atoms with Crippen molar-refractivity contribution in [3.05, 3.63) is 80.3 Å². The monoisotopic (exact) mass is 1240 g/mol. The first kappa shape index (κ1) is 92.5. The van der Waals surface area contributed by atoms with Gasteiger partial charge < -0.3 is 19.2 Å². The molecule has 0 amide bonds. The number of unbranched alkanes of at least 4 members (excludes halogenated alkanes) is 22. The number of nitrogens with zero attached hydrogens (tertiary/aromatic N) is 2. The summed E-state index contributed by atoms with van der Waals surface area (Å²) in [4.78, 5) is 77.1. The number of likely N-dealkylation sites (tertiary alicyclic amines) is 1. The molecule has 1 saturated heterocycles. The van der Waals surface area contributed by atoms with E-state index in [1.807, 2.05) is 32.1 Å². The van der Waals surface area contributed by atoms with Crippen molar-refractivity contribution in [2.45, 2.75) is 302 Å². The Hall–Kier alpha value is -4.24. The van der Waals surface area contributed by atoms with Crippen molar-refractivity contribution in [2.24, 2.45) is 29.6 Å². The maximum absolute atomic E-state index is 13.1. The summed E-state index contributed by atoms with van der Waals surface area (Å²) in [5, 5.41) is 0. The topological polar surface area (TPSA) is 127 Å². The molecule has 88 heavy (non-hydrogen) atoms. The number of Topliss-reactive ketones (excluding diaryl/α,β-unsaturated/α-hetero) is 1. The third-order valence-electron chi connectivity index (χ3n) is 16.0. The molecule has 512 valence electrons. The Labute approximate surface area is 545 Å². The lowest BCUT2D eigenvalue weighted by Gasteiger charge is -2.32. The van der Waals surface area contributed by atoms with Crippen LogP contribution in [0.4, 0.5) is 0 Å². The summed E-state index contributed by atoms with van der Waals surface area (Å²) in [6, 6.07) is 0. The number of ketones is 5. The summed E-state index contributed by atoms with van der Waals surface area (Å²) in [5.74, 6) is 0.794. The minimum Gasteiger partial charge on any atom is -0.489 e. The third kappa shape index (κ3) is 59.4. The number of esters is 1. The highest BCUT2D eigenvalue weighted by molar-refractivity contribution is 5.94. The normalized spacial score (nSPS) is 16.5. The Bertz CT molecular complexity index is 1830. The zero-order valence-corrected chi connectivity index (χ0v) is 57.6. The van der Waals surface area contributed by atoms with Crippen molar-refractivity contribution in [3.8, 4) is 0 Å². The van der Waals surface area contributed by atoms with Crippen LogP contribution in [0, 0.1) is 29.6 Å². The molecule has 10 nitrogen and oxygen atoms in total. The van der Waals surface area contributed by atoms with Gasteiger partial charge in [-0.3, -0.25) is 28.9 Å². The number of ether oxygens (including phenoxy) is 2. The van der Waals surface area contributed by atoms with E-state index in [9.17, 15) is 28.8 Å². The lowest BCUT2D eigenvalue weighted by atomic mass is 9.72. The van der Waals surface area contributed by atoms with E-state index in [4.69, 9.17) is 9.47 Å². The van der Waals surface area contributed by atoms with Gasteiger partial charge in [0.15, 0.2) is 28.9 Å². The van der Waals surface area contributed by atoms with Crippen LogP contribution in [0.2, 0.25) is 0 Å². The van der Waals surface area contributed by atoms with Crippen LogP contribution in [0.3, 0.4) is 0 Å². The summed E-state index contributed by atoms with van der Waals surface area (Å²) in [6.07, 6.45) is 50.9. The van der Waals surface area contributed by atoms with E-state index in [2.05, 4.69) is 85.5 Å². The number of hydrogen-bond donors (Lipinski definition) is 0. The predicted molar refractivity (Wildman–Crippen MR) is 381 cm³/mol. The molecule has 0 radical (unpaired) electrons. The Morgan fingerprint density at radius 2 is 1.08 bits per heavy atom. The molecule has 2 rings (SSSR count). The molecule has 1 saturated carbocycles. The minimum atomic E-state index is -0.359. The molecular formula is C78H142N2O8. The second-order valence-electron chi connectivity index (χ2n) is 24.2. The maximum Gasteiger partial charge on any atom is 0.320 e. The van der Waals surface area contributed by atoms with E-state index >= 15 is 0 Å². The van der Waals surface area contributed by atoms with Crippen LogP contribution in [0.1, 0.15) is 302 Å². The van der Waals surface area contributed by atoms with Crippen molar-refractivity contribution in [2.75, 3.05) is 53.0 Å². The smallest absolute Gasteiger partial charge is 0.320 e. The van der Waals surface area contributed by atoms with Gasteiger partial charge in [0.05, 0.1) is 32.8 Å². The van der Waals surface area contributed by atoms with Crippen molar-refractivity contribution in [3.63, 3.8) is 0 Å². The first-order chi connectivity index (χ1) is 41.6. The molecule has 1 aliphatic heterocycles. The fraction of sp³-hybridized carbons (Fsp3) is 0.756. The molecule has 0 aromatic carbocycles. The van der Waals surface area contributed by atoms with Gasteiger partial charge in [-0.25, -0.2) is 0 Å². The second kappa shape index (κ2) is 68.7. The molecular weight excluding hydrogens is 1090 g/mol. The van der Waals surface area contributed by atoms with Crippen LogP contribution in [0.25, 0.3) is 0 Å². The average Bonchev–Trinajstić information content (AvgIpc) is 3.72. The zero-order chi connectivity index (χ0) is 64.9. The molecule has 2 fully saturated rings. The predicted octanol–water partition coefficient (Wildman–Crippen LogP) is 21.1. The Morgan fingerprint density at radius 1 is 0.580 bits per heavy atom. The second-order valence-corrected chi connectivity index (χ2v) is 24.2. The van der Waals surface area contributed by atoms with Gasteiger partial charge in [-0.05, 0) is 139 Å². The quantitative estimate of drug-likeness (QED) is 0.0145. The molecule has 2 aliphatic rings. The Kier molecular flexibility index (Phi) is 72.2. The van der Waals surface area contributed by atoms with Crippen molar-refractivity contribution in [1.82, 2.24) is 9.80 Å². The van der Waals surface area contributed by atoms with E-state index in [1.165, 1.54) is 173 Å². The Balaban J connectivity index is -0.000000421. The SMILES string of the molecule is C.C.C=C=C(CN(CC(=O)C=C[C@H]1C[C@H](C=C)CCC1C(=O)C=C)CC(=O)OCCCCCCCC)OCCCCCCCC.C=CC(=O)CC(CC(C)=O)CC(=O)/C=C\CCCCCCCC.CC.CC1CCCN(C)CC1.CCCCCCCCC. The summed E-state index contributed by atoms with van der Waals surface area (Å²) >= 11 is 0. The zero-order valence-electron chi connectivity index (χ0n) is 57.6. The molecule has 0 N–H and O–H groups in total. The molecule has 0 spiro atoms. The van der Waals surface area contributed by atoms with Gasteiger partial charge in [0, 0.05) is 25.2 Å². The molecule has 0 aromatic rings. The van der Waals surface area contributed by atoms with Crippen LogP contribution >= 0.6 is 0 Å². The molecule has 1 aliphatic carbocycles. The van der Waals surface area contributed by atoms with E-state index in [1.54, 1.807) is 17.1 Å². The van der Waals surface area contributed by atoms with E-state index in [0.717, 1.165) is 70.1 Å². The van der Waals surface area contributed by atoms with E-state index < -0.39 is 0 Å². The van der Waals surface area contributed by atoms with Crippen LogP contribution in [-0.2, 0) is 38.2 Å². The summed E-state index contributed by atoms with van der Waals surface area (Å²) < 4.78 is 11.4. The van der Waals surface area contributed by atoms with Crippen molar-refractivity contribution in [1.29, 1.82) is 0 Å². The number of rotatable bonds is 47. The summed E-state index contributed by atoms with van der Waals surface area (Å²) in [7, 11) is 2.22. The first-order valence-corrected chi connectivity index (χ1v) is 35.0. The average molecular weight is 1240 g/mol. The maximum atomic E-state index is 13.1. The lowest BCUT2D eigenvalue weighted by Crippen LogP contribution is -2.37. The highest BCUT2D eigenvalue weighted by atomic mass is 16.5. The largest absolute Gasteiger partial charge is 0.489 e.